The van der Waals surface area contributed by atoms with E-state index in [-0.39, 0.29) is 23.8 Å². The number of carbonyl (C=O) groups is 2. The van der Waals surface area contributed by atoms with Crippen molar-refractivity contribution in [2.75, 3.05) is 0 Å². The average molecular weight is 404 g/mol. The molecule has 2 unspecified atom stereocenters. The molecular weight excluding hydrogens is 378 g/mol. The van der Waals surface area contributed by atoms with Gasteiger partial charge in [0.15, 0.2) is 5.60 Å². The van der Waals surface area contributed by atoms with Gasteiger partial charge in [-0.15, -0.1) is 0 Å². The van der Waals surface area contributed by atoms with E-state index < -0.39 is 17.0 Å². The van der Waals surface area contributed by atoms with Gasteiger partial charge in [-0.1, -0.05) is 11.6 Å². The maximum absolute atomic E-state index is 13.2. The third-order valence-electron chi connectivity index (χ3n) is 7.73. The second-order valence-electron chi connectivity index (χ2n) is 9.46. The summed E-state index contributed by atoms with van der Waals surface area (Å²) in [6.45, 7) is 0. The van der Waals surface area contributed by atoms with Crippen LogP contribution in [0.1, 0.15) is 51.4 Å². The van der Waals surface area contributed by atoms with E-state index in [1.54, 1.807) is 24.3 Å². The molecule has 6 rings (SSSR count). The summed E-state index contributed by atoms with van der Waals surface area (Å²) in [6, 6.07) is 7.22. The van der Waals surface area contributed by atoms with Gasteiger partial charge in [0.05, 0.1) is 5.41 Å². The first-order chi connectivity index (χ1) is 13.4. The van der Waals surface area contributed by atoms with Crippen molar-refractivity contribution in [3.63, 3.8) is 0 Å². The van der Waals surface area contributed by atoms with Gasteiger partial charge >= 0.3 is 5.97 Å². The first-order valence-corrected chi connectivity index (χ1v) is 10.8. The Labute approximate surface area is 169 Å². The van der Waals surface area contributed by atoms with Gasteiger partial charge in [0.2, 0.25) is 0 Å². The molecular formula is C22H26ClNO4. The number of carboxylic acids is 1. The summed E-state index contributed by atoms with van der Waals surface area (Å²) in [5.41, 5.74) is -1.35. The predicted octanol–water partition coefficient (Wildman–Crippen LogP) is 4.04. The highest BCUT2D eigenvalue weighted by atomic mass is 35.5. The molecule has 0 spiro atoms. The number of halogens is 1. The number of ether oxygens (including phenoxy) is 1. The Balaban J connectivity index is 1.31. The molecule has 0 saturated heterocycles. The van der Waals surface area contributed by atoms with Crippen LogP contribution in [0, 0.1) is 23.2 Å². The van der Waals surface area contributed by atoms with E-state index in [2.05, 4.69) is 5.32 Å². The zero-order valence-corrected chi connectivity index (χ0v) is 16.6. The zero-order valence-electron chi connectivity index (χ0n) is 15.8. The van der Waals surface area contributed by atoms with Gasteiger partial charge in [-0.05, 0) is 93.4 Å². The molecule has 0 aliphatic heterocycles. The summed E-state index contributed by atoms with van der Waals surface area (Å²) in [4.78, 5) is 25.2. The maximum Gasteiger partial charge on any atom is 0.309 e. The van der Waals surface area contributed by atoms with Crippen LogP contribution in [-0.4, -0.2) is 28.6 Å². The molecule has 4 bridgehead atoms. The van der Waals surface area contributed by atoms with Crippen LogP contribution in [0.3, 0.4) is 0 Å². The zero-order chi connectivity index (χ0) is 19.5. The Kier molecular flexibility index (Phi) is 4.17. The van der Waals surface area contributed by atoms with Gasteiger partial charge in [-0.25, -0.2) is 0 Å². The van der Waals surface area contributed by atoms with Crippen molar-refractivity contribution in [2.24, 2.45) is 23.2 Å². The van der Waals surface area contributed by atoms with Crippen molar-refractivity contribution in [1.29, 1.82) is 0 Å². The van der Waals surface area contributed by atoms with E-state index in [1.165, 1.54) is 0 Å². The molecule has 6 heteroatoms. The van der Waals surface area contributed by atoms with Crippen LogP contribution < -0.4 is 10.1 Å². The van der Waals surface area contributed by atoms with E-state index in [1.807, 2.05) is 0 Å². The Morgan fingerprint density at radius 1 is 1.07 bits per heavy atom. The number of hydrogen-bond acceptors (Lipinski definition) is 3. The van der Waals surface area contributed by atoms with Crippen molar-refractivity contribution in [2.45, 2.75) is 63.0 Å². The fourth-order valence-electron chi connectivity index (χ4n) is 6.41. The van der Waals surface area contributed by atoms with Crippen LogP contribution in [0.5, 0.6) is 5.75 Å². The molecule has 5 aliphatic carbocycles. The lowest BCUT2D eigenvalue weighted by molar-refractivity contribution is -0.169. The van der Waals surface area contributed by atoms with Gasteiger partial charge in [0.1, 0.15) is 5.75 Å². The van der Waals surface area contributed by atoms with Crippen LogP contribution in [0.4, 0.5) is 0 Å². The van der Waals surface area contributed by atoms with E-state index >= 15 is 0 Å². The van der Waals surface area contributed by atoms with Crippen molar-refractivity contribution >= 4 is 23.5 Å². The van der Waals surface area contributed by atoms with E-state index in [9.17, 15) is 14.7 Å². The smallest absolute Gasteiger partial charge is 0.309 e. The molecule has 5 aliphatic rings. The monoisotopic (exact) mass is 403 g/mol. The summed E-state index contributed by atoms with van der Waals surface area (Å²) in [6.07, 6.45) is 6.71. The number of carbonyl (C=O) groups excluding carboxylic acids is 1. The summed E-state index contributed by atoms with van der Waals surface area (Å²) in [5.74, 6) is 1.05. The van der Waals surface area contributed by atoms with Crippen molar-refractivity contribution in [3.8, 4) is 5.75 Å². The molecule has 2 atom stereocenters. The Bertz CT molecular complexity index is 787. The molecule has 1 amide bonds. The molecule has 2 N–H and O–H groups in total. The third kappa shape index (κ3) is 2.81. The summed E-state index contributed by atoms with van der Waals surface area (Å²) in [7, 11) is 0. The van der Waals surface area contributed by atoms with E-state index in [0.29, 0.717) is 42.4 Å². The van der Waals surface area contributed by atoms with Crippen LogP contribution in [0.25, 0.3) is 0 Å². The van der Waals surface area contributed by atoms with Crippen molar-refractivity contribution in [3.05, 3.63) is 29.3 Å². The highest BCUT2D eigenvalue weighted by Crippen LogP contribution is 2.60. The largest absolute Gasteiger partial charge is 0.481 e. The fraction of sp³-hybridized carbons (Fsp3) is 0.636. The highest BCUT2D eigenvalue weighted by molar-refractivity contribution is 6.30. The number of nitrogens with one attached hydrogen (secondary N) is 1. The number of carboxylic acid groups (broad SMARTS) is 1. The molecule has 5 saturated carbocycles. The SMILES string of the molecule is O=C(O)C12CC3CC(C1)C(NC(=O)C1(Oc4ccc(Cl)cc4)CCC1)C(C3)C2. The summed E-state index contributed by atoms with van der Waals surface area (Å²) >= 11 is 5.95. The van der Waals surface area contributed by atoms with Gasteiger partial charge in [0.25, 0.3) is 5.91 Å². The minimum atomic E-state index is -0.799. The molecule has 0 heterocycles. The second kappa shape index (κ2) is 6.38. The molecule has 5 fully saturated rings. The standard InChI is InChI=1S/C22H26ClNO4/c23-16-2-4-17(5-3-16)28-22(6-1-7-22)19(25)24-18-14-8-13-9-15(18)12-21(10-13,11-14)20(26)27/h2-5,13-15,18H,1,6-12H2,(H,24,25)(H,26,27). The number of rotatable bonds is 5. The van der Waals surface area contributed by atoms with Crippen LogP contribution in [-0.2, 0) is 9.59 Å². The lowest BCUT2D eigenvalue weighted by Gasteiger charge is -2.58. The molecule has 0 radical (unpaired) electrons. The summed E-state index contributed by atoms with van der Waals surface area (Å²) < 4.78 is 6.14. The first-order valence-electron chi connectivity index (χ1n) is 10.4. The number of benzene rings is 1. The lowest BCUT2D eigenvalue weighted by atomic mass is 9.48. The van der Waals surface area contributed by atoms with Crippen LogP contribution in [0.2, 0.25) is 5.02 Å². The molecule has 150 valence electrons. The van der Waals surface area contributed by atoms with Gasteiger partial charge in [-0.3, -0.25) is 9.59 Å². The molecule has 5 nitrogen and oxygen atoms in total. The van der Waals surface area contributed by atoms with E-state index in [4.69, 9.17) is 16.3 Å². The number of hydrogen-bond donors (Lipinski definition) is 2. The fourth-order valence-corrected chi connectivity index (χ4v) is 6.53. The third-order valence-corrected chi connectivity index (χ3v) is 7.98. The van der Waals surface area contributed by atoms with Gasteiger partial charge in [0, 0.05) is 11.1 Å². The quantitative estimate of drug-likeness (QED) is 0.778. The molecule has 1 aromatic carbocycles. The first kappa shape index (κ1) is 18.3. The Hall–Kier alpha value is -1.75. The minimum absolute atomic E-state index is 0.0319. The maximum atomic E-state index is 13.2. The van der Waals surface area contributed by atoms with Crippen molar-refractivity contribution < 1.29 is 19.4 Å². The minimum Gasteiger partial charge on any atom is -0.481 e. The highest BCUT2D eigenvalue weighted by Gasteiger charge is 2.60. The number of amides is 1. The van der Waals surface area contributed by atoms with Gasteiger partial charge < -0.3 is 15.2 Å². The van der Waals surface area contributed by atoms with Crippen LogP contribution in [0.15, 0.2) is 24.3 Å². The molecule has 1 aromatic rings. The molecule has 0 aromatic heterocycles. The second-order valence-corrected chi connectivity index (χ2v) is 9.89. The van der Waals surface area contributed by atoms with Crippen LogP contribution >= 0.6 is 11.6 Å². The normalized spacial score (nSPS) is 37.2. The van der Waals surface area contributed by atoms with E-state index in [0.717, 1.165) is 25.7 Å². The Morgan fingerprint density at radius 2 is 1.71 bits per heavy atom. The lowest BCUT2D eigenvalue weighted by Crippen LogP contribution is -2.65. The predicted molar refractivity (Wildman–Crippen MR) is 104 cm³/mol. The summed E-state index contributed by atoms with van der Waals surface area (Å²) in [5, 5.41) is 13.7. The van der Waals surface area contributed by atoms with Gasteiger partial charge in [-0.2, -0.15) is 0 Å². The number of aliphatic carboxylic acids is 1. The van der Waals surface area contributed by atoms with Crippen molar-refractivity contribution in [1.82, 2.24) is 5.32 Å². The molecule has 28 heavy (non-hydrogen) atoms. The topological polar surface area (TPSA) is 75.6 Å². The average Bonchev–Trinajstić information content (AvgIpc) is 2.62. The Morgan fingerprint density at radius 3 is 2.25 bits per heavy atom.